The average molecular weight is 206 g/mol. The van der Waals surface area contributed by atoms with Crippen molar-refractivity contribution in [2.24, 2.45) is 0 Å². The van der Waals surface area contributed by atoms with Crippen LogP contribution >= 0.6 is 11.6 Å². The number of hydrogen-bond donors (Lipinski definition) is 1. The molecule has 0 amide bonds. The largest absolute Gasteiger partial charge is 0.295 e. The molecule has 12 heavy (non-hydrogen) atoms. The van der Waals surface area contributed by atoms with E-state index in [0.717, 1.165) is 0 Å². The number of benzene rings is 1. The van der Waals surface area contributed by atoms with Gasteiger partial charge in [0.25, 0.3) is 10.1 Å². The second-order valence-corrected chi connectivity index (χ2v) is 4.10. The molecule has 0 aromatic heterocycles. The number of hydrogen-bond acceptors (Lipinski definition) is 2. The molecule has 1 N–H and O–H groups in total. The van der Waals surface area contributed by atoms with Gasteiger partial charge in [-0.2, -0.15) is 8.42 Å². The van der Waals surface area contributed by atoms with Crippen LogP contribution in [0.4, 0.5) is 0 Å². The van der Waals surface area contributed by atoms with Gasteiger partial charge >= 0.3 is 0 Å². The lowest BCUT2D eigenvalue weighted by molar-refractivity contribution is 0.483. The topological polar surface area (TPSA) is 54.4 Å². The van der Waals surface area contributed by atoms with Crippen molar-refractivity contribution < 1.29 is 13.0 Å². The van der Waals surface area contributed by atoms with Gasteiger partial charge in [0.15, 0.2) is 0 Å². The van der Waals surface area contributed by atoms with E-state index in [1.54, 1.807) is 6.92 Å². The van der Waals surface area contributed by atoms with E-state index in [4.69, 9.17) is 16.2 Å². The van der Waals surface area contributed by atoms with E-state index in [2.05, 4.69) is 6.07 Å². The van der Waals surface area contributed by atoms with Crippen molar-refractivity contribution in [3.8, 4) is 0 Å². The molecule has 0 saturated heterocycles. The molecule has 0 unspecified atom stereocenters. The molecule has 0 aliphatic carbocycles. The predicted molar refractivity (Wildman–Crippen MR) is 44.8 cm³/mol. The lowest BCUT2D eigenvalue weighted by atomic mass is 10.2. The molecule has 1 aromatic rings. The predicted octanol–water partition coefficient (Wildman–Crippen LogP) is 1.70. The van der Waals surface area contributed by atoms with E-state index >= 15 is 0 Å². The fourth-order valence-electron chi connectivity index (χ4n) is 0.705. The van der Waals surface area contributed by atoms with Gasteiger partial charge in [-0.15, -0.1) is 0 Å². The third kappa shape index (κ3) is 1.97. The highest BCUT2D eigenvalue weighted by Crippen LogP contribution is 2.18. The molecule has 5 heteroatoms. The molecule has 3 nitrogen and oxygen atoms in total. The second kappa shape index (κ2) is 3.05. The first-order chi connectivity index (χ1) is 5.41. The Balaban J connectivity index is 3.33. The summed E-state index contributed by atoms with van der Waals surface area (Å²) in [6, 6.07) is 4.91. The van der Waals surface area contributed by atoms with E-state index < -0.39 is 10.1 Å². The van der Waals surface area contributed by atoms with Gasteiger partial charge in [-0.1, -0.05) is 11.6 Å². The Morgan fingerprint density at radius 2 is 2.17 bits per heavy atom. The SMILES string of the molecule is Cc1cc(S(=O)(=O)O)[c]cc1Cl. The van der Waals surface area contributed by atoms with Crippen molar-refractivity contribution in [1.82, 2.24) is 0 Å². The first-order valence-corrected chi connectivity index (χ1v) is 4.88. The Kier molecular flexibility index (Phi) is 2.41. The maximum Gasteiger partial charge on any atom is 0.295 e. The van der Waals surface area contributed by atoms with E-state index in [-0.39, 0.29) is 4.90 Å². The summed E-state index contributed by atoms with van der Waals surface area (Å²) >= 11 is 5.62. The molecular formula is C7H6ClO3S. The minimum atomic E-state index is -4.16. The molecule has 1 aromatic carbocycles. The Labute approximate surface area is 75.7 Å². The van der Waals surface area contributed by atoms with Crippen molar-refractivity contribution in [2.45, 2.75) is 11.8 Å². The maximum atomic E-state index is 10.6. The van der Waals surface area contributed by atoms with E-state index in [1.165, 1.54) is 12.1 Å². The third-order valence-corrected chi connectivity index (χ3v) is 2.54. The van der Waals surface area contributed by atoms with Gasteiger partial charge in [-0.25, -0.2) is 0 Å². The fourth-order valence-corrected chi connectivity index (χ4v) is 1.35. The van der Waals surface area contributed by atoms with Gasteiger partial charge in [0.05, 0.1) is 0 Å². The quantitative estimate of drug-likeness (QED) is 0.710. The number of aryl methyl sites for hydroxylation is 1. The van der Waals surface area contributed by atoms with E-state index in [9.17, 15) is 8.42 Å². The maximum absolute atomic E-state index is 10.6. The fraction of sp³-hybridized carbons (Fsp3) is 0.143. The molecule has 0 saturated carbocycles. The molecule has 1 rings (SSSR count). The minimum Gasteiger partial charge on any atom is -0.282 e. The molecular weight excluding hydrogens is 200 g/mol. The molecule has 1 radical (unpaired) electrons. The zero-order valence-electron chi connectivity index (χ0n) is 6.20. The average Bonchev–Trinajstić information content (AvgIpc) is 1.92. The summed E-state index contributed by atoms with van der Waals surface area (Å²) < 4.78 is 29.8. The van der Waals surface area contributed by atoms with Crippen molar-refractivity contribution >= 4 is 21.7 Å². The van der Waals surface area contributed by atoms with Gasteiger partial charge in [0.2, 0.25) is 0 Å². The summed E-state index contributed by atoms with van der Waals surface area (Å²) in [6.45, 7) is 1.64. The molecule has 0 fully saturated rings. The van der Waals surface area contributed by atoms with E-state index in [1.807, 2.05) is 0 Å². The van der Waals surface area contributed by atoms with Crippen LogP contribution in [0.2, 0.25) is 5.02 Å². The number of rotatable bonds is 1. The third-order valence-electron chi connectivity index (χ3n) is 1.34. The van der Waals surface area contributed by atoms with E-state index in [0.29, 0.717) is 10.6 Å². The van der Waals surface area contributed by atoms with Crippen LogP contribution in [0.15, 0.2) is 17.0 Å². The smallest absolute Gasteiger partial charge is 0.282 e. The zero-order chi connectivity index (χ0) is 9.35. The molecule has 0 atom stereocenters. The first-order valence-electron chi connectivity index (χ1n) is 3.06. The molecule has 65 valence electrons. The van der Waals surface area contributed by atoms with Crippen LogP contribution in [-0.2, 0) is 10.1 Å². The molecule has 0 aliphatic rings. The highest BCUT2D eigenvalue weighted by molar-refractivity contribution is 7.85. The van der Waals surface area contributed by atoms with Gasteiger partial charge in [-0.05, 0) is 24.6 Å². The van der Waals surface area contributed by atoms with Gasteiger partial charge in [0, 0.05) is 11.1 Å². The summed E-state index contributed by atoms with van der Waals surface area (Å²) in [5.41, 5.74) is 0.586. The summed E-state index contributed by atoms with van der Waals surface area (Å²) in [6.07, 6.45) is 0. The summed E-state index contributed by atoms with van der Waals surface area (Å²) in [4.78, 5) is -0.260. The van der Waals surface area contributed by atoms with Crippen molar-refractivity contribution in [2.75, 3.05) is 0 Å². The Bertz CT molecular complexity index is 397. The Morgan fingerprint density at radius 1 is 1.58 bits per heavy atom. The highest BCUT2D eigenvalue weighted by Gasteiger charge is 2.10. The number of halogens is 1. The van der Waals surface area contributed by atoms with Crippen molar-refractivity contribution in [1.29, 1.82) is 0 Å². The molecule has 0 heterocycles. The molecule has 0 spiro atoms. The molecule has 0 bridgehead atoms. The standard InChI is InChI=1S/C7H6ClO3S/c1-5-4-6(12(9,10)11)2-3-7(5)8/h3-4H,1H3,(H,9,10,11). The lowest BCUT2D eigenvalue weighted by Gasteiger charge is -1.99. The summed E-state index contributed by atoms with van der Waals surface area (Å²) in [7, 11) is -4.16. The van der Waals surface area contributed by atoms with Crippen LogP contribution < -0.4 is 0 Å². The monoisotopic (exact) mass is 205 g/mol. The molecule has 0 aliphatic heterocycles. The first kappa shape index (κ1) is 9.51. The van der Waals surface area contributed by atoms with Crippen LogP contribution in [0, 0.1) is 13.0 Å². The Hall–Kier alpha value is -0.580. The summed E-state index contributed by atoms with van der Waals surface area (Å²) in [5, 5.41) is 0.419. The van der Waals surface area contributed by atoms with Crippen LogP contribution in [0.1, 0.15) is 5.56 Å². The van der Waals surface area contributed by atoms with Crippen molar-refractivity contribution in [3.05, 3.63) is 28.8 Å². The highest BCUT2D eigenvalue weighted by atomic mass is 35.5. The van der Waals surface area contributed by atoms with Gasteiger partial charge in [-0.3, -0.25) is 4.55 Å². The van der Waals surface area contributed by atoms with Crippen LogP contribution in [0.25, 0.3) is 0 Å². The lowest BCUT2D eigenvalue weighted by Crippen LogP contribution is -1.98. The van der Waals surface area contributed by atoms with Crippen LogP contribution in [-0.4, -0.2) is 13.0 Å². The van der Waals surface area contributed by atoms with Crippen LogP contribution in [0.5, 0.6) is 0 Å². The minimum absolute atomic E-state index is 0.260. The second-order valence-electron chi connectivity index (χ2n) is 2.30. The van der Waals surface area contributed by atoms with Crippen LogP contribution in [0.3, 0.4) is 0 Å². The van der Waals surface area contributed by atoms with Gasteiger partial charge in [0.1, 0.15) is 4.90 Å². The summed E-state index contributed by atoms with van der Waals surface area (Å²) in [5.74, 6) is 0. The normalized spacial score (nSPS) is 11.6. The van der Waals surface area contributed by atoms with Crippen molar-refractivity contribution in [3.63, 3.8) is 0 Å². The Morgan fingerprint density at radius 3 is 2.58 bits per heavy atom. The zero-order valence-corrected chi connectivity index (χ0v) is 7.78. The van der Waals surface area contributed by atoms with Gasteiger partial charge < -0.3 is 0 Å².